The van der Waals surface area contributed by atoms with E-state index in [1.165, 1.54) is 192 Å². The van der Waals surface area contributed by atoms with Gasteiger partial charge in [-0.2, -0.15) is 8.42 Å². The summed E-state index contributed by atoms with van der Waals surface area (Å²) >= 11 is 0. The smallest absolute Gasteiger partial charge is 0.340 e. The molecule has 0 aliphatic heterocycles. The molecule has 0 aliphatic carbocycles. The Labute approximate surface area is 369 Å². The first-order valence-corrected chi connectivity index (χ1v) is 26.5. The summed E-state index contributed by atoms with van der Waals surface area (Å²) in [6, 6.07) is 3.77. The molecule has 0 spiro atoms. The summed E-state index contributed by atoms with van der Waals surface area (Å²) in [4.78, 5) is 25.4. The van der Waals surface area contributed by atoms with E-state index in [9.17, 15) is 22.6 Å². The molecule has 346 valence electrons. The normalized spacial score (nSPS) is 11.9. The molecule has 1 N–H and O–H groups in total. The van der Waals surface area contributed by atoms with Crippen LogP contribution in [0.25, 0.3) is 0 Å². The van der Waals surface area contributed by atoms with Crippen molar-refractivity contribution in [3.63, 3.8) is 0 Å². The number of ether oxygens (including phenoxy) is 2. The number of rotatable bonds is 43. The largest absolute Gasteiger partial charge is 0.462 e. The first-order valence-electron chi connectivity index (χ1n) is 25.1. The zero-order valence-electron chi connectivity index (χ0n) is 38.7. The first kappa shape index (κ1) is 55.6. The number of allylic oxidation sites excluding steroid dienone is 4. The summed E-state index contributed by atoms with van der Waals surface area (Å²) in [5.41, 5.74) is -0.675. The minimum absolute atomic E-state index is 0.107. The molecule has 0 fully saturated rings. The van der Waals surface area contributed by atoms with Crippen molar-refractivity contribution in [1.29, 1.82) is 0 Å². The molecule has 0 aliphatic rings. The van der Waals surface area contributed by atoms with E-state index in [1.807, 2.05) is 0 Å². The second-order valence-corrected chi connectivity index (χ2v) is 18.5. The van der Waals surface area contributed by atoms with Crippen LogP contribution in [-0.4, -0.2) is 38.1 Å². The summed E-state index contributed by atoms with van der Waals surface area (Å²) in [5, 5.41) is 0. The van der Waals surface area contributed by atoms with Gasteiger partial charge >= 0.3 is 11.9 Å². The zero-order valence-corrected chi connectivity index (χ0v) is 39.5. The van der Waals surface area contributed by atoms with Gasteiger partial charge in [0.15, 0.2) is 0 Å². The summed E-state index contributed by atoms with van der Waals surface area (Å²) in [7, 11) is -4.77. The molecule has 7 nitrogen and oxygen atoms in total. The van der Waals surface area contributed by atoms with Crippen molar-refractivity contribution in [3.05, 3.63) is 53.6 Å². The molecule has 60 heavy (non-hydrogen) atoms. The van der Waals surface area contributed by atoms with Crippen molar-refractivity contribution in [2.75, 3.05) is 13.2 Å². The monoisotopic (exact) mass is 859 g/mol. The third kappa shape index (κ3) is 32.3. The fourth-order valence-electron chi connectivity index (χ4n) is 7.72. The van der Waals surface area contributed by atoms with Gasteiger partial charge in [0.2, 0.25) is 0 Å². The van der Waals surface area contributed by atoms with Crippen LogP contribution in [0.5, 0.6) is 0 Å². The Morgan fingerprint density at radius 1 is 0.450 bits per heavy atom. The van der Waals surface area contributed by atoms with Gasteiger partial charge in [-0.15, -0.1) is 0 Å². The highest BCUT2D eigenvalue weighted by Gasteiger charge is 2.28. The van der Waals surface area contributed by atoms with Crippen molar-refractivity contribution in [2.45, 2.75) is 250 Å². The molecule has 0 heterocycles. The SMILES string of the molecule is CCCCCCCCC/C=C/CCCCCCCCCCCOC(=O)c1cccc(S(=O)(=O)O)c1C(=O)OCCCCCCCCCCC/C=C/CCCCCCCCC. The average molecular weight is 859 g/mol. The average Bonchev–Trinajstić information content (AvgIpc) is 3.24. The van der Waals surface area contributed by atoms with Gasteiger partial charge in [0, 0.05) is 0 Å². The molecule has 0 radical (unpaired) electrons. The summed E-state index contributed by atoms with van der Waals surface area (Å²) in [6.07, 6.45) is 53.4. The molecule has 1 aromatic rings. The maximum Gasteiger partial charge on any atom is 0.340 e. The van der Waals surface area contributed by atoms with Crippen molar-refractivity contribution in [3.8, 4) is 0 Å². The third-order valence-electron chi connectivity index (χ3n) is 11.5. The van der Waals surface area contributed by atoms with Gasteiger partial charge in [-0.25, -0.2) is 9.59 Å². The number of unbranched alkanes of at least 4 members (excludes halogenated alkanes) is 32. The van der Waals surface area contributed by atoms with Crippen LogP contribution in [0.1, 0.15) is 266 Å². The predicted octanol–water partition coefficient (Wildman–Crippen LogP) is 16.4. The van der Waals surface area contributed by atoms with Crippen LogP contribution in [-0.2, 0) is 19.6 Å². The highest BCUT2D eigenvalue weighted by molar-refractivity contribution is 7.86. The standard InChI is InChI=1S/C52H90O7S/c1-3-5-7-9-11-13-15-17-19-21-23-25-27-29-31-33-35-37-39-41-46-58-51(53)48-44-43-45-49(60(55,56)57)50(48)52(54)59-47-42-40-38-36-34-32-30-28-26-24-22-20-18-16-14-12-10-8-6-4-2/h19-22,43-45H,3-18,23-42,46-47H2,1-2H3,(H,55,56,57)/b21-19+,22-20+. The summed E-state index contributed by atoms with van der Waals surface area (Å²) in [6.45, 7) is 4.81. The summed E-state index contributed by atoms with van der Waals surface area (Å²) < 4.78 is 45.0. The molecule has 0 saturated heterocycles. The van der Waals surface area contributed by atoms with Gasteiger partial charge in [-0.05, 0) is 76.3 Å². The number of hydrogen-bond donors (Lipinski definition) is 1. The van der Waals surface area contributed by atoms with Crippen LogP contribution >= 0.6 is 0 Å². The zero-order chi connectivity index (χ0) is 43.6. The number of esters is 2. The minimum atomic E-state index is -4.77. The van der Waals surface area contributed by atoms with Gasteiger partial charge in [-0.3, -0.25) is 4.55 Å². The van der Waals surface area contributed by atoms with E-state index >= 15 is 0 Å². The summed E-state index contributed by atoms with van der Waals surface area (Å²) in [5.74, 6) is -1.74. The second kappa shape index (κ2) is 40.6. The maximum absolute atomic E-state index is 13.1. The fraction of sp³-hybridized carbons (Fsp3) is 0.769. The Hall–Kier alpha value is -2.45. The van der Waals surface area contributed by atoms with Crippen LogP contribution in [0.4, 0.5) is 0 Å². The molecule has 8 heteroatoms. The molecule has 0 amide bonds. The van der Waals surface area contributed by atoms with E-state index in [0.29, 0.717) is 12.8 Å². The van der Waals surface area contributed by atoms with Crippen LogP contribution in [0.3, 0.4) is 0 Å². The Bertz CT molecular complexity index is 1340. The van der Waals surface area contributed by atoms with Crippen molar-refractivity contribution in [1.82, 2.24) is 0 Å². The fourth-order valence-corrected chi connectivity index (χ4v) is 8.42. The quantitative estimate of drug-likeness (QED) is 0.0302. The van der Waals surface area contributed by atoms with E-state index in [-0.39, 0.29) is 18.8 Å². The Morgan fingerprint density at radius 3 is 1.08 bits per heavy atom. The van der Waals surface area contributed by atoms with Crippen LogP contribution in [0.2, 0.25) is 0 Å². The maximum atomic E-state index is 13.1. The number of hydrogen-bond acceptors (Lipinski definition) is 6. The molecule has 1 rings (SSSR count). The van der Waals surface area contributed by atoms with Gasteiger partial charge in [0.05, 0.1) is 24.3 Å². The molecule has 0 atom stereocenters. The molecule has 0 bridgehead atoms. The van der Waals surface area contributed by atoms with Crippen molar-refractivity contribution in [2.24, 2.45) is 0 Å². The van der Waals surface area contributed by atoms with Gasteiger partial charge < -0.3 is 9.47 Å². The van der Waals surface area contributed by atoms with Crippen LogP contribution < -0.4 is 0 Å². The third-order valence-corrected chi connectivity index (χ3v) is 12.4. The molecule has 0 saturated carbocycles. The first-order chi connectivity index (χ1) is 29.3. The van der Waals surface area contributed by atoms with Crippen molar-refractivity contribution >= 4 is 22.1 Å². The highest BCUT2D eigenvalue weighted by Crippen LogP contribution is 2.23. The lowest BCUT2D eigenvalue weighted by Gasteiger charge is -2.13. The minimum Gasteiger partial charge on any atom is -0.462 e. The number of carbonyl (C=O) groups excluding carboxylic acids is 2. The van der Waals surface area contributed by atoms with Gasteiger partial charge in [0.1, 0.15) is 4.90 Å². The highest BCUT2D eigenvalue weighted by atomic mass is 32.2. The van der Waals surface area contributed by atoms with Gasteiger partial charge in [0.25, 0.3) is 10.1 Å². The molecular formula is C52H90O7S. The Kier molecular flexibility index (Phi) is 37.6. The Morgan fingerprint density at radius 2 is 0.750 bits per heavy atom. The van der Waals surface area contributed by atoms with Crippen molar-refractivity contribution < 1.29 is 32.0 Å². The van der Waals surface area contributed by atoms with Crippen LogP contribution in [0, 0.1) is 0 Å². The number of carbonyl (C=O) groups is 2. The molecular weight excluding hydrogens is 769 g/mol. The van der Waals surface area contributed by atoms with E-state index in [1.54, 1.807) is 0 Å². The van der Waals surface area contributed by atoms with E-state index in [0.717, 1.165) is 44.6 Å². The van der Waals surface area contributed by atoms with E-state index < -0.39 is 32.5 Å². The Balaban J connectivity index is 2.16. The second-order valence-electron chi connectivity index (χ2n) is 17.1. The lowest BCUT2D eigenvalue weighted by atomic mass is 10.1. The predicted molar refractivity (Wildman–Crippen MR) is 253 cm³/mol. The number of benzene rings is 1. The topological polar surface area (TPSA) is 107 Å². The van der Waals surface area contributed by atoms with E-state index in [2.05, 4.69) is 38.2 Å². The molecule has 1 aromatic carbocycles. The van der Waals surface area contributed by atoms with E-state index in [4.69, 9.17) is 9.47 Å². The van der Waals surface area contributed by atoms with Crippen LogP contribution in [0.15, 0.2) is 47.4 Å². The lowest BCUT2D eigenvalue weighted by Crippen LogP contribution is -2.19. The van der Waals surface area contributed by atoms with Gasteiger partial charge in [-0.1, -0.05) is 211 Å². The molecule has 0 unspecified atom stereocenters. The molecule has 0 aromatic heterocycles. The lowest BCUT2D eigenvalue weighted by molar-refractivity contribution is 0.0446.